The predicted molar refractivity (Wildman–Crippen MR) is 133 cm³/mol. The molecule has 3 aromatic rings. The van der Waals surface area contributed by atoms with E-state index in [4.69, 9.17) is 12.2 Å². The average molecular weight is 476 g/mol. The Kier molecular flexibility index (Phi) is 6.62. The number of thiocarbonyl (C=S) groups is 1. The van der Waals surface area contributed by atoms with E-state index >= 15 is 0 Å². The molecule has 1 saturated heterocycles. The highest BCUT2D eigenvalue weighted by Gasteiger charge is 2.33. The van der Waals surface area contributed by atoms with Crippen LogP contribution in [0.5, 0.6) is 0 Å². The third-order valence-electron chi connectivity index (χ3n) is 4.85. The molecule has 4 rings (SSSR count). The van der Waals surface area contributed by atoms with E-state index in [1.54, 1.807) is 6.08 Å². The van der Waals surface area contributed by atoms with Crippen LogP contribution < -0.4 is 5.32 Å². The number of benzene rings is 3. The van der Waals surface area contributed by atoms with Gasteiger partial charge in [0.1, 0.15) is 10.9 Å². The molecule has 164 valence electrons. The van der Waals surface area contributed by atoms with Gasteiger partial charge >= 0.3 is 0 Å². The Hall–Kier alpha value is -3.82. The number of non-ortho nitro benzene ring substituents is 1. The van der Waals surface area contributed by atoms with Gasteiger partial charge in [-0.2, -0.15) is 0 Å². The van der Waals surface area contributed by atoms with Crippen LogP contribution in [-0.4, -0.2) is 32.5 Å². The van der Waals surface area contributed by atoms with Gasteiger partial charge in [-0.3, -0.25) is 24.6 Å². The fourth-order valence-electron chi connectivity index (χ4n) is 3.20. The number of nitrogens with one attached hydrogen (secondary N) is 1. The van der Waals surface area contributed by atoms with Gasteiger partial charge in [0.15, 0.2) is 0 Å². The third-order valence-corrected chi connectivity index (χ3v) is 6.23. The van der Waals surface area contributed by atoms with E-state index in [0.29, 0.717) is 14.9 Å². The van der Waals surface area contributed by atoms with Crippen LogP contribution in [0.1, 0.15) is 5.56 Å². The molecule has 0 aromatic heterocycles. The lowest BCUT2D eigenvalue weighted by atomic mass is 10.0. The lowest BCUT2D eigenvalue weighted by Crippen LogP contribution is -2.36. The van der Waals surface area contributed by atoms with Crippen LogP contribution in [0.4, 0.5) is 11.4 Å². The molecule has 0 saturated carbocycles. The molecule has 9 heteroatoms. The number of nitrogens with zero attached hydrogens (tertiary/aromatic N) is 2. The standard InChI is InChI=1S/C24H17N3O4S2/c28-22(25-19-10-12-20(13-11-19)27(30)31)15-26-23(29)21(33-24(26)32)14-16-6-8-18(9-7-16)17-4-2-1-3-5-17/h1-14H,15H2,(H,25,28)/b21-14-. The maximum absolute atomic E-state index is 12.8. The van der Waals surface area contributed by atoms with Crippen molar-refractivity contribution in [1.29, 1.82) is 0 Å². The normalized spacial score (nSPS) is 14.5. The first-order valence-corrected chi connectivity index (χ1v) is 11.1. The number of nitro benzene ring substituents is 1. The second kappa shape index (κ2) is 9.76. The summed E-state index contributed by atoms with van der Waals surface area (Å²) < 4.78 is 0.297. The summed E-state index contributed by atoms with van der Waals surface area (Å²) in [5.74, 6) is -0.787. The Bertz CT molecular complexity index is 1260. The van der Waals surface area contributed by atoms with Gasteiger partial charge in [-0.05, 0) is 34.9 Å². The Balaban J connectivity index is 1.41. The molecular formula is C24H17N3O4S2. The SMILES string of the molecule is O=C(CN1C(=O)/C(=C/c2ccc(-c3ccccc3)cc2)SC1=S)Nc1ccc([N+](=O)[O-])cc1. The second-order valence-electron chi connectivity index (χ2n) is 7.11. The average Bonchev–Trinajstić information content (AvgIpc) is 3.07. The first-order chi connectivity index (χ1) is 15.9. The van der Waals surface area contributed by atoms with Gasteiger partial charge in [-0.25, -0.2) is 0 Å². The lowest BCUT2D eigenvalue weighted by molar-refractivity contribution is -0.384. The van der Waals surface area contributed by atoms with Crippen LogP contribution in [0.2, 0.25) is 0 Å². The molecule has 0 aliphatic carbocycles. The number of amides is 2. The summed E-state index contributed by atoms with van der Waals surface area (Å²) in [6.07, 6.45) is 1.75. The highest BCUT2D eigenvalue weighted by Crippen LogP contribution is 2.33. The fourth-order valence-corrected chi connectivity index (χ4v) is 4.46. The molecule has 1 aliphatic heterocycles. The highest BCUT2D eigenvalue weighted by molar-refractivity contribution is 8.26. The molecular weight excluding hydrogens is 458 g/mol. The van der Waals surface area contributed by atoms with Gasteiger partial charge in [0, 0.05) is 17.8 Å². The van der Waals surface area contributed by atoms with Crippen molar-refractivity contribution < 1.29 is 14.5 Å². The van der Waals surface area contributed by atoms with Gasteiger partial charge in [0.25, 0.3) is 11.6 Å². The first kappa shape index (κ1) is 22.4. The predicted octanol–water partition coefficient (Wildman–Crippen LogP) is 5.10. The summed E-state index contributed by atoms with van der Waals surface area (Å²) in [6.45, 7) is -0.244. The number of carbonyl (C=O) groups excluding carboxylic acids is 2. The van der Waals surface area contributed by atoms with Crippen molar-refractivity contribution in [1.82, 2.24) is 4.90 Å². The van der Waals surface area contributed by atoms with E-state index in [1.165, 1.54) is 29.2 Å². The zero-order chi connectivity index (χ0) is 23.4. The molecule has 1 fully saturated rings. The molecule has 3 aromatic carbocycles. The lowest BCUT2D eigenvalue weighted by Gasteiger charge is -2.14. The summed E-state index contributed by atoms with van der Waals surface area (Å²) in [7, 11) is 0. The minimum absolute atomic E-state index is 0.0770. The smallest absolute Gasteiger partial charge is 0.269 e. The molecule has 7 nitrogen and oxygen atoms in total. The maximum atomic E-state index is 12.8. The largest absolute Gasteiger partial charge is 0.325 e. The number of anilines is 1. The molecule has 0 bridgehead atoms. The molecule has 1 N–H and O–H groups in total. The van der Waals surface area contributed by atoms with Crippen molar-refractivity contribution in [3.63, 3.8) is 0 Å². The fraction of sp³-hybridized carbons (Fsp3) is 0.0417. The Morgan fingerprint density at radius 1 is 1.00 bits per heavy atom. The summed E-state index contributed by atoms with van der Waals surface area (Å²) in [5, 5.41) is 13.4. The monoisotopic (exact) mass is 475 g/mol. The van der Waals surface area contributed by atoms with E-state index in [1.807, 2.05) is 54.6 Å². The van der Waals surface area contributed by atoms with Crippen LogP contribution in [0, 0.1) is 10.1 Å². The summed E-state index contributed by atoms with van der Waals surface area (Å²) in [6, 6.07) is 23.3. The molecule has 0 atom stereocenters. The van der Waals surface area contributed by atoms with E-state index in [0.717, 1.165) is 28.5 Å². The van der Waals surface area contributed by atoms with E-state index in [2.05, 4.69) is 5.32 Å². The topological polar surface area (TPSA) is 92.6 Å². The number of rotatable bonds is 6. The second-order valence-corrected chi connectivity index (χ2v) is 8.78. The van der Waals surface area contributed by atoms with E-state index in [9.17, 15) is 19.7 Å². The molecule has 0 radical (unpaired) electrons. The van der Waals surface area contributed by atoms with E-state index < -0.39 is 10.8 Å². The Morgan fingerprint density at radius 3 is 2.27 bits per heavy atom. The minimum atomic E-state index is -0.521. The molecule has 33 heavy (non-hydrogen) atoms. The molecule has 0 unspecified atom stereocenters. The molecule has 1 heterocycles. The van der Waals surface area contributed by atoms with Crippen molar-refractivity contribution >= 4 is 57.6 Å². The summed E-state index contributed by atoms with van der Waals surface area (Å²) >= 11 is 6.44. The van der Waals surface area contributed by atoms with Gasteiger partial charge in [-0.15, -0.1) is 0 Å². The zero-order valence-corrected chi connectivity index (χ0v) is 18.8. The van der Waals surface area contributed by atoms with Crippen molar-refractivity contribution in [3.05, 3.63) is 99.4 Å². The van der Waals surface area contributed by atoms with Crippen LogP contribution in [0.25, 0.3) is 17.2 Å². The van der Waals surface area contributed by atoms with Crippen molar-refractivity contribution in [2.45, 2.75) is 0 Å². The first-order valence-electron chi connectivity index (χ1n) is 9.86. The number of carbonyl (C=O) groups is 2. The molecule has 0 spiro atoms. The summed E-state index contributed by atoms with van der Waals surface area (Å²) in [5.41, 5.74) is 3.35. The van der Waals surface area contributed by atoms with Crippen LogP contribution >= 0.6 is 24.0 Å². The number of nitro groups is 1. The van der Waals surface area contributed by atoms with Gasteiger partial charge in [0.05, 0.1) is 9.83 Å². The zero-order valence-electron chi connectivity index (χ0n) is 17.1. The van der Waals surface area contributed by atoms with Crippen LogP contribution in [0.3, 0.4) is 0 Å². The Morgan fingerprint density at radius 2 is 1.64 bits per heavy atom. The van der Waals surface area contributed by atoms with Gasteiger partial charge in [-0.1, -0.05) is 78.6 Å². The molecule has 1 aliphatic rings. The van der Waals surface area contributed by atoms with Crippen LogP contribution in [0.15, 0.2) is 83.8 Å². The third kappa shape index (κ3) is 5.33. The van der Waals surface area contributed by atoms with Crippen molar-refractivity contribution in [3.8, 4) is 11.1 Å². The minimum Gasteiger partial charge on any atom is -0.325 e. The highest BCUT2D eigenvalue weighted by atomic mass is 32.2. The van der Waals surface area contributed by atoms with Crippen molar-refractivity contribution in [2.75, 3.05) is 11.9 Å². The van der Waals surface area contributed by atoms with Crippen LogP contribution in [-0.2, 0) is 9.59 Å². The number of hydrogen-bond acceptors (Lipinski definition) is 6. The number of hydrogen-bond donors (Lipinski definition) is 1. The van der Waals surface area contributed by atoms with Gasteiger partial charge in [0.2, 0.25) is 5.91 Å². The molecule has 2 amide bonds. The van der Waals surface area contributed by atoms with Crippen molar-refractivity contribution in [2.24, 2.45) is 0 Å². The summed E-state index contributed by atoms with van der Waals surface area (Å²) in [4.78, 5) is 37.1. The Labute approximate surface area is 199 Å². The number of thioether (sulfide) groups is 1. The quantitative estimate of drug-likeness (QED) is 0.231. The maximum Gasteiger partial charge on any atom is 0.269 e. The van der Waals surface area contributed by atoms with Gasteiger partial charge < -0.3 is 5.32 Å². The van der Waals surface area contributed by atoms with E-state index in [-0.39, 0.29) is 18.1 Å².